The van der Waals surface area contributed by atoms with Crippen molar-refractivity contribution in [2.75, 3.05) is 25.5 Å². The Morgan fingerprint density at radius 2 is 1.68 bits per heavy atom. The summed E-state index contributed by atoms with van der Waals surface area (Å²) in [5.41, 5.74) is 5.07. The van der Waals surface area contributed by atoms with Crippen molar-refractivity contribution in [1.82, 2.24) is 14.7 Å². The maximum Gasteiger partial charge on any atom is 0.257 e. The first-order chi connectivity index (χ1) is 18.3. The summed E-state index contributed by atoms with van der Waals surface area (Å²) in [6.07, 6.45) is 3.90. The molecule has 0 radical (unpaired) electrons. The van der Waals surface area contributed by atoms with Gasteiger partial charge in [-0.05, 0) is 73.9 Å². The molecule has 0 saturated carbocycles. The maximum atomic E-state index is 12.9. The topological polar surface area (TPSA) is 130 Å². The molecule has 0 spiro atoms. The second kappa shape index (κ2) is 12.0. The maximum absolute atomic E-state index is 12.9. The van der Waals surface area contributed by atoms with Gasteiger partial charge in [0.15, 0.2) is 0 Å². The van der Waals surface area contributed by atoms with Gasteiger partial charge in [-0.25, -0.2) is 13.8 Å². The summed E-state index contributed by atoms with van der Waals surface area (Å²) in [7, 11) is -2.11. The van der Waals surface area contributed by atoms with Crippen molar-refractivity contribution < 1.29 is 22.7 Å². The number of amides is 2. The lowest BCUT2D eigenvalue weighted by molar-refractivity contribution is -0.126. The Labute approximate surface area is 221 Å². The molecule has 0 aliphatic carbocycles. The second-order valence-corrected chi connectivity index (χ2v) is 10.7. The van der Waals surface area contributed by atoms with E-state index in [1.807, 2.05) is 0 Å². The minimum atomic E-state index is -3.64. The van der Waals surface area contributed by atoms with Crippen molar-refractivity contribution in [1.29, 1.82) is 0 Å². The van der Waals surface area contributed by atoms with Crippen LogP contribution in [0.4, 0.5) is 5.69 Å². The van der Waals surface area contributed by atoms with E-state index in [1.54, 1.807) is 61.7 Å². The Kier molecular flexibility index (Phi) is 8.49. The van der Waals surface area contributed by atoms with Crippen LogP contribution in [0.2, 0.25) is 0 Å². The van der Waals surface area contributed by atoms with Crippen molar-refractivity contribution in [3.63, 3.8) is 0 Å². The number of hydrogen-bond acceptors (Lipinski definition) is 7. The van der Waals surface area contributed by atoms with Gasteiger partial charge in [0.2, 0.25) is 15.9 Å². The molecular weight excluding hydrogens is 506 g/mol. The van der Waals surface area contributed by atoms with Gasteiger partial charge < -0.3 is 10.1 Å². The third-order valence-corrected chi connectivity index (χ3v) is 8.25. The van der Waals surface area contributed by atoms with Crippen LogP contribution in [0.1, 0.15) is 35.7 Å². The molecule has 2 amide bonds. The van der Waals surface area contributed by atoms with Crippen LogP contribution in [0.3, 0.4) is 0 Å². The number of nitrogens with one attached hydrogen (secondary N) is 2. The summed E-state index contributed by atoms with van der Waals surface area (Å²) in [5.74, 6) is -0.254. The molecule has 198 valence electrons. The molecule has 1 aliphatic rings. The number of aromatic nitrogens is 1. The molecule has 1 fully saturated rings. The van der Waals surface area contributed by atoms with E-state index < -0.39 is 10.0 Å². The number of benzene rings is 2. The first-order valence-corrected chi connectivity index (χ1v) is 13.5. The van der Waals surface area contributed by atoms with Crippen LogP contribution in [0.5, 0.6) is 5.75 Å². The van der Waals surface area contributed by atoms with E-state index in [4.69, 9.17) is 4.74 Å². The highest BCUT2D eigenvalue weighted by atomic mass is 32.2. The van der Waals surface area contributed by atoms with E-state index in [1.165, 1.54) is 29.7 Å². The fourth-order valence-electron chi connectivity index (χ4n) is 4.04. The Morgan fingerprint density at radius 1 is 1.00 bits per heavy atom. The molecule has 0 atom stereocenters. The molecule has 2 aromatic carbocycles. The molecule has 1 aliphatic heterocycles. The lowest BCUT2D eigenvalue weighted by Gasteiger charge is -2.30. The largest absolute Gasteiger partial charge is 0.497 e. The number of rotatable bonds is 8. The molecule has 3 aromatic rings. The highest BCUT2D eigenvalue weighted by molar-refractivity contribution is 7.89. The SMILES string of the molecule is COc1ccc(S(=O)(=O)N2CCC(C(=O)N/N=C(/C)c3ccc(NC(=O)c4cccnc4)cc3)CC2)cc1. The molecule has 38 heavy (non-hydrogen) atoms. The standard InChI is InChI=1S/C27H29N5O5S/c1-19(20-5-7-23(8-6-20)29-26(33)22-4-3-15-28-18-22)30-31-27(34)21-13-16-32(17-14-21)38(35,36)25-11-9-24(37-2)10-12-25/h3-12,15,18,21H,13-14,16-17H2,1-2H3,(H,29,33)(H,31,34)/b30-19-. The summed E-state index contributed by atoms with van der Waals surface area (Å²) in [5, 5.41) is 7.02. The van der Waals surface area contributed by atoms with E-state index in [0.717, 1.165) is 5.56 Å². The minimum Gasteiger partial charge on any atom is -0.497 e. The van der Waals surface area contributed by atoms with Crippen molar-refractivity contribution in [2.45, 2.75) is 24.7 Å². The number of anilines is 1. The van der Waals surface area contributed by atoms with Gasteiger partial charge in [0.1, 0.15) is 5.75 Å². The van der Waals surface area contributed by atoms with E-state index in [-0.39, 0.29) is 35.7 Å². The number of sulfonamides is 1. The smallest absolute Gasteiger partial charge is 0.257 e. The van der Waals surface area contributed by atoms with E-state index in [0.29, 0.717) is 35.6 Å². The minimum absolute atomic E-state index is 0.198. The van der Waals surface area contributed by atoms with Crippen LogP contribution in [-0.2, 0) is 14.8 Å². The fourth-order valence-corrected chi connectivity index (χ4v) is 5.51. The number of hydrazone groups is 1. The summed E-state index contributed by atoms with van der Waals surface area (Å²) in [6.45, 7) is 2.27. The zero-order valence-corrected chi connectivity index (χ0v) is 21.9. The number of methoxy groups -OCH3 is 1. The van der Waals surface area contributed by atoms with Crippen LogP contribution in [-0.4, -0.2) is 55.4 Å². The highest BCUT2D eigenvalue weighted by Gasteiger charge is 2.32. The summed E-state index contributed by atoms with van der Waals surface area (Å²) in [4.78, 5) is 29.1. The van der Waals surface area contributed by atoms with Gasteiger partial charge in [0, 0.05) is 37.1 Å². The van der Waals surface area contributed by atoms with E-state index >= 15 is 0 Å². The summed E-state index contributed by atoms with van der Waals surface area (Å²) >= 11 is 0. The fraction of sp³-hybridized carbons (Fsp3) is 0.259. The van der Waals surface area contributed by atoms with Crippen LogP contribution in [0.15, 0.2) is 83.1 Å². The lowest BCUT2D eigenvalue weighted by atomic mass is 9.98. The molecule has 1 saturated heterocycles. The van der Waals surface area contributed by atoms with Crippen molar-refractivity contribution >= 4 is 33.2 Å². The number of ether oxygens (including phenoxy) is 1. The van der Waals surface area contributed by atoms with Gasteiger partial charge in [-0.2, -0.15) is 9.41 Å². The van der Waals surface area contributed by atoms with E-state index in [9.17, 15) is 18.0 Å². The predicted octanol–water partition coefficient (Wildman–Crippen LogP) is 3.28. The van der Waals surface area contributed by atoms with Gasteiger partial charge in [0.25, 0.3) is 5.91 Å². The second-order valence-electron chi connectivity index (χ2n) is 8.80. The first-order valence-electron chi connectivity index (χ1n) is 12.1. The predicted molar refractivity (Wildman–Crippen MR) is 143 cm³/mol. The van der Waals surface area contributed by atoms with E-state index in [2.05, 4.69) is 20.8 Å². The molecule has 0 unspecified atom stereocenters. The zero-order chi connectivity index (χ0) is 27.1. The average molecular weight is 536 g/mol. The molecule has 10 nitrogen and oxygen atoms in total. The third kappa shape index (κ3) is 6.42. The quantitative estimate of drug-likeness (QED) is 0.336. The van der Waals surface area contributed by atoms with Crippen LogP contribution >= 0.6 is 0 Å². The third-order valence-electron chi connectivity index (χ3n) is 6.34. The molecule has 1 aromatic heterocycles. The number of carbonyl (C=O) groups excluding carboxylic acids is 2. The van der Waals surface area contributed by atoms with Crippen LogP contribution in [0.25, 0.3) is 0 Å². The number of pyridine rings is 1. The van der Waals surface area contributed by atoms with Gasteiger partial charge >= 0.3 is 0 Å². The normalized spacial score (nSPS) is 15.1. The van der Waals surface area contributed by atoms with Gasteiger partial charge in [-0.1, -0.05) is 12.1 Å². The van der Waals surface area contributed by atoms with Crippen molar-refractivity contribution in [3.05, 3.63) is 84.2 Å². The van der Waals surface area contributed by atoms with Crippen LogP contribution in [0, 0.1) is 5.92 Å². The molecule has 2 N–H and O–H groups in total. The Morgan fingerprint density at radius 3 is 2.29 bits per heavy atom. The Balaban J connectivity index is 1.29. The van der Waals surface area contributed by atoms with Crippen molar-refractivity contribution in [3.8, 4) is 5.75 Å². The number of carbonyl (C=O) groups is 2. The first kappa shape index (κ1) is 27.0. The number of piperidine rings is 1. The van der Waals surface area contributed by atoms with Crippen LogP contribution < -0.4 is 15.5 Å². The van der Waals surface area contributed by atoms with Gasteiger partial charge in [-0.3, -0.25) is 14.6 Å². The molecule has 11 heteroatoms. The number of hydrogen-bond donors (Lipinski definition) is 2. The highest BCUT2D eigenvalue weighted by Crippen LogP contribution is 2.25. The average Bonchev–Trinajstić information content (AvgIpc) is 2.96. The van der Waals surface area contributed by atoms with Gasteiger partial charge in [0.05, 0.1) is 23.3 Å². The Hall–Kier alpha value is -4.09. The lowest BCUT2D eigenvalue weighted by Crippen LogP contribution is -2.42. The Bertz CT molecular complexity index is 1400. The van der Waals surface area contributed by atoms with Crippen molar-refractivity contribution in [2.24, 2.45) is 11.0 Å². The molecule has 2 heterocycles. The number of nitrogens with zero attached hydrogens (tertiary/aromatic N) is 3. The molecule has 0 bridgehead atoms. The summed E-state index contributed by atoms with van der Waals surface area (Å²) in [6, 6.07) is 16.7. The molecular formula is C27H29N5O5S. The monoisotopic (exact) mass is 535 g/mol. The zero-order valence-electron chi connectivity index (χ0n) is 21.1. The molecule has 4 rings (SSSR count). The van der Waals surface area contributed by atoms with Gasteiger partial charge in [-0.15, -0.1) is 0 Å². The summed E-state index contributed by atoms with van der Waals surface area (Å²) < 4.78 is 32.3.